The summed E-state index contributed by atoms with van der Waals surface area (Å²) >= 11 is 0. The van der Waals surface area contributed by atoms with Gasteiger partial charge in [0.15, 0.2) is 0 Å². The molecule has 0 rings (SSSR count). The van der Waals surface area contributed by atoms with Crippen LogP contribution in [0.15, 0.2) is 0 Å². The highest BCUT2D eigenvalue weighted by molar-refractivity contribution is 6.64. The van der Waals surface area contributed by atoms with Crippen molar-refractivity contribution in [1.82, 2.24) is 0 Å². The van der Waals surface area contributed by atoms with Crippen molar-refractivity contribution < 1.29 is 13.3 Å². The van der Waals surface area contributed by atoms with E-state index in [0.29, 0.717) is 11.8 Å². The smallest absolute Gasteiger partial charge is 0.371 e. The summed E-state index contributed by atoms with van der Waals surface area (Å²) in [6, 6.07) is 0. The van der Waals surface area contributed by atoms with Gasteiger partial charge in [-0.15, -0.1) is 0 Å². The largest absolute Gasteiger partial charge is 0.507 e. The van der Waals surface area contributed by atoms with Crippen LogP contribution in [0.2, 0.25) is 5.04 Å². The van der Waals surface area contributed by atoms with Gasteiger partial charge in [-0.25, -0.2) is 0 Å². The van der Waals surface area contributed by atoms with Gasteiger partial charge in [-0.3, -0.25) is 0 Å². The molecule has 22 heavy (non-hydrogen) atoms. The molecule has 1 atom stereocenters. The van der Waals surface area contributed by atoms with Gasteiger partial charge in [0, 0.05) is 23.4 Å². The molecule has 4 heteroatoms. The molecule has 0 radical (unpaired) electrons. The van der Waals surface area contributed by atoms with Crippen LogP contribution in [0.3, 0.4) is 0 Å². The van der Waals surface area contributed by atoms with Crippen LogP contribution >= 0.6 is 0 Å². The van der Waals surface area contributed by atoms with E-state index in [4.69, 9.17) is 13.3 Å². The van der Waals surface area contributed by atoms with E-state index >= 15 is 0 Å². The predicted octanol–water partition coefficient (Wildman–Crippen LogP) is 5.66. The molecule has 0 N–H and O–H groups in total. The van der Waals surface area contributed by atoms with Crippen LogP contribution in [-0.2, 0) is 13.3 Å². The summed E-state index contributed by atoms with van der Waals surface area (Å²) in [5.41, 5.74) is 0. The fourth-order valence-electron chi connectivity index (χ4n) is 3.51. The van der Waals surface area contributed by atoms with Gasteiger partial charge in [-0.05, 0) is 53.4 Å². The molecule has 0 aromatic heterocycles. The van der Waals surface area contributed by atoms with E-state index in [1.165, 1.54) is 0 Å². The van der Waals surface area contributed by atoms with Gasteiger partial charge in [0.1, 0.15) is 0 Å². The predicted molar refractivity (Wildman–Crippen MR) is 97.1 cm³/mol. The van der Waals surface area contributed by atoms with Gasteiger partial charge in [0.05, 0.1) is 0 Å². The first kappa shape index (κ1) is 22.1. The minimum absolute atomic E-state index is 0.0908. The highest BCUT2D eigenvalue weighted by Gasteiger charge is 2.60. The lowest BCUT2D eigenvalue weighted by molar-refractivity contribution is -0.0263. The standard InChI is InChI=1S/C18H40O3Si/c1-12-17(13(2)3)18(10,11)22(19-14(4)5,20-15(6)7)21-16(8)9/h13-17H,12H2,1-11H3. The lowest BCUT2D eigenvalue weighted by Crippen LogP contribution is -2.60. The molecule has 0 heterocycles. The zero-order valence-electron chi connectivity index (χ0n) is 16.8. The SMILES string of the molecule is CCC(C(C)C)C(C)(C)[Si](OC(C)C)(OC(C)C)OC(C)C. The molecule has 0 bridgehead atoms. The second-order valence-electron chi connectivity index (χ2n) is 8.04. The molecule has 0 saturated carbocycles. The van der Waals surface area contributed by atoms with Crippen LogP contribution in [0.4, 0.5) is 0 Å². The van der Waals surface area contributed by atoms with Crippen molar-refractivity contribution in [2.24, 2.45) is 11.8 Å². The molecule has 3 nitrogen and oxygen atoms in total. The first-order chi connectivity index (χ1) is 9.89. The van der Waals surface area contributed by atoms with Crippen LogP contribution in [0, 0.1) is 11.8 Å². The number of hydrogen-bond donors (Lipinski definition) is 0. The van der Waals surface area contributed by atoms with Crippen LogP contribution in [0.25, 0.3) is 0 Å². The molecule has 1 unspecified atom stereocenters. The van der Waals surface area contributed by atoms with Crippen molar-refractivity contribution in [3.63, 3.8) is 0 Å². The van der Waals surface area contributed by atoms with E-state index in [9.17, 15) is 0 Å². The summed E-state index contributed by atoms with van der Waals surface area (Å²) in [5, 5.41) is -0.130. The van der Waals surface area contributed by atoms with Gasteiger partial charge in [0.25, 0.3) is 0 Å². The maximum atomic E-state index is 6.45. The van der Waals surface area contributed by atoms with Crippen molar-refractivity contribution in [3.8, 4) is 0 Å². The summed E-state index contributed by atoms with van der Waals surface area (Å²) in [5.74, 6) is 1.06. The molecule has 0 amide bonds. The lowest BCUT2D eigenvalue weighted by atomic mass is 9.83. The second kappa shape index (κ2) is 8.81. The number of hydrogen-bond acceptors (Lipinski definition) is 3. The van der Waals surface area contributed by atoms with E-state index in [2.05, 4.69) is 76.2 Å². The molecule has 0 aromatic carbocycles. The third kappa shape index (κ3) is 5.62. The zero-order valence-corrected chi connectivity index (χ0v) is 17.8. The summed E-state index contributed by atoms with van der Waals surface area (Å²) in [4.78, 5) is 0. The average molecular weight is 333 g/mol. The molecule has 0 spiro atoms. The molecular formula is C18H40O3Si. The lowest BCUT2D eigenvalue weighted by Gasteiger charge is -2.49. The van der Waals surface area contributed by atoms with E-state index in [0.717, 1.165) is 6.42 Å². The molecule has 0 saturated heterocycles. The highest BCUT2D eigenvalue weighted by atomic mass is 28.4. The summed E-state index contributed by atoms with van der Waals surface area (Å²) < 4.78 is 19.4. The quantitative estimate of drug-likeness (QED) is 0.483. The van der Waals surface area contributed by atoms with E-state index in [-0.39, 0.29) is 23.4 Å². The Morgan fingerprint density at radius 2 is 1.05 bits per heavy atom. The van der Waals surface area contributed by atoms with Crippen molar-refractivity contribution in [3.05, 3.63) is 0 Å². The Labute approximate surface area is 140 Å². The third-order valence-corrected chi connectivity index (χ3v) is 8.43. The first-order valence-electron chi connectivity index (χ1n) is 8.93. The molecular weight excluding hydrogens is 292 g/mol. The fourth-order valence-corrected chi connectivity index (χ4v) is 7.44. The first-order valence-corrected chi connectivity index (χ1v) is 10.7. The Bertz CT molecular complexity index is 285. The summed E-state index contributed by atoms with van der Waals surface area (Å²) in [6.07, 6.45) is 1.37. The fraction of sp³-hybridized carbons (Fsp3) is 1.00. The Morgan fingerprint density at radius 3 is 1.23 bits per heavy atom. The monoisotopic (exact) mass is 332 g/mol. The second-order valence-corrected chi connectivity index (χ2v) is 11.1. The Kier molecular flexibility index (Phi) is 8.85. The van der Waals surface area contributed by atoms with Crippen LogP contribution in [0.5, 0.6) is 0 Å². The Morgan fingerprint density at radius 1 is 0.727 bits per heavy atom. The van der Waals surface area contributed by atoms with Gasteiger partial charge >= 0.3 is 8.80 Å². The highest BCUT2D eigenvalue weighted by Crippen LogP contribution is 2.51. The third-order valence-electron chi connectivity index (χ3n) is 4.13. The normalized spacial score (nSPS) is 15.4. The van der Waals surface area contributed by atoms with E-state index in [1.54, 1.807) is 0 Å². The van der Waals surface area contributed by atoms with E-state index < -0.39 is 8.80 Å². The van der Waals surface area contributed by atoms with E-state index in [1.807, 2.05) is 0 Å². The molecule has 0 aliphatic carbocycles. The zero-order chi connectivity index (χ0) is 17.7. The van der Waals surface area contributed by atoms with Crippen molar-refractivity contribution >= 4 is 8.80 Å². The van der Waals surface area contributed by atoms with Crippen molar-refractivity contribution in [2.75, 3.05) is 0 Å². The molecule has 0 fully saturated rings. The Hall–Kier alpha value is 0.0969. The summed E-state index contributed by atoms with van der Waals surface area (Å²) in [7, 11) is -2.86. The molecule has 0 aromatic rings. The van der Waals surface area contributed by atoms with Crippen molar-refractivity contribution in [1.29, 1.82) is 0 Å². The topological polar surface area (TPSA) is 27.7 Å². The maximum absolute atomic E-state index is 6.45. The van der Waals surface area contributed by atoms with Crippen LogP contribution < -0.4 is 0 Å². The molecule has 0 aliphatic rings. The summed E-state index contributed by atoms with van der Waals surface area (Å²) in [6.45, 7) is 23.8. The van der Waals surface area contributed by atoms with Gasteiger partial charge in [-0.2, -0.15) is 0 Å². The maximum Gasteiger partial charge on any atom is 0.507 e. The minimum atomic E-state index is -2.86. The van der Waals surface area contributed by atoms with Crippen LogP contribution in [-0.4, -0.2) is 27.1 Å². The van der Waals surface area contributed by atoms with Gasteiger partial charge < -0.3 is 13.3 Å². The van der Waals surface area contributed by atoms with Gasteiger partial charge in [0.2, 0.25) is 0 Å². The van der Waals surface area contributed by atoms with Gasteiger partial charge in [-0.1, -0.05) is 41.0 Å². The molecule has 0 aliphatic heterocycles. The molecule has 134 valence electrons. The Balaban J connectivity index is 5.94. The number of rotatable bonds is 10. The minimum Gasteiger partial charge on any atom is -0.371 e. The average Bonchev–Trinajstić information content (AvgIpc) is 2.24. The van der Waals surface area contributed by atoms with Crippen LogP contribution in [0.1, 0.15) is 82.6 Å². The van der Waals surface area contributed by atoms with Crippen molar-refractivity contribution in [2.45, 2.75) is 106 Å².